The molecule has 3 aliphatic rings. The summed E-state index contributed by atoms with van der Waals surface area (Å²) in [5, 5.41) is 58.4. The molecule has 0 spiro atoms. The summed E-state index contributed by atoms with van der Waals surface area (Å²) in [6, 6.07) is 1.49. The number of aliphatic hydroxyl groups is 4. The van der Waals surface area contributed by atoms with Crippen LogP contribution in [0, 0.1) is 11.8 Å². The molecule has 0 bridgehead atoms. The Labute approximate surface area is 205 Å². The molecule has 6 atom stereocenters. The van der Waals surface area contributed by atoms with E-state index in [1.54, 1.807) is 6.92 Å². The first-order chi connectivity index (χ1) is 16.7. The van der Waals surface area contributed by atoms with Crippen molar-refractivity contribution < 1.29 is 44.7 Å². The number of fused-ring (bicyclic) bond motifs is 3. The lowest BCUT2D eigenvalue weighted by atomic mass is 9.54. The molecule has 0 heterocycles. The topological polar surface area (TPSA) is 211 Å². The number of aromatic hydroxyl groups is 1. The third-order valence-electron chi connectivity index (χ3n) is 7.44. The summed E-state index contributed by atoms with van der Waals surface area (Å²) in [4.78, 5) is 51.8. The van der Waals surface area contributed by atoms with Crippen LogP contribution in [0.1, 0.15) is 30.9 Å². The molecule has 0 aromatic heterocycles. The zero-order valence-corrected chi connectivity index (χ0v) is 19.9. The molecule has 1 aromatic rings. The molecule has 0 radical (unpaired) electrons. The standard InChI is InChI=1S/C24H27N3O9/c1-7-9-5-6-10(26-8(2)28)17(29)12(9)18(30)13-11(7)19(31)15-16(27(3)4)20(32)14(23(25)35)22(34)24(15,36)21(13)33/h5-7,11,15-16,19,29-31,34,36H,1-4H3,(H2,25,35)(H,26,28). The van der Waals surface area contributed by atoms with Crippen LogP contribution in [0.25, 0.3) is 5.76 Å². The fourth-order valence-corrected chi connectivity index (χ4v) is 5.91. The van der Waals surface area contributed by atoms with Gasteiger partial charge in [0.25, 0.3) is 5.91 Å². The van der Waals surface area contributed by atoms with Gasteiger partial charge >= 0.3 is 0 Å². The van der Waals surface area contributed by atoms with Crippen molar-refractivity contribution in [1.82, 2.24) is 4.90 Å². The maximum Gasteiger partial charge on any atom is 0.255 e. The zero-order valence-electron chi connectivity index (χ0n) is 19.9. The number of phenols is 1. The van der Waals surface area contributed by atoms with E-state index in [9.17, 15) is 44.7 Å². The van der Waals surface area contributed by atoms with Crippen molar-refractivity contribution in [2.45, 2.75) is 37.5 Å². The van der Waals surface area contributed by atoms with E-state index in [1.165, 1.54) is 38.1 Å². The fraction of sp³-hybridized carbons (Fsp3) is 0.417. The molecule has 6 unspecified atom stereocenters. The lowest BCUT2D eigenvalue weighted by molar-refractivity contribution is -0.169. The van der Waals surface area contributed by atoms with Crippen molar-refractivity contribution in [2.24, 2.45) is 17.6 Å². The van der Waals surface area contributed by atoms with Crippen molar-refractivity contribution in [2.75, 3.05) is 19.4 Å². The van der Waals surface area contributed by atoms with E-state index in [0.29, 0.717) is 5.56 Å². The second-order valence-corrected chi connectivity index (χ2v) is 9.66. The third kappa shape index (κ3) is 3.11. The molecule has 0 aliphatic heterocycles. The number of aliphatic hydroxyl groups excluding tert-OH is 3. The first kappa shape index (κ1) is 25.4. The number of amides is 2. The SMILES string of the molecule is CC(=O)Nc1ccc2c(c1O)C(O)=C1C(=O)C3(O)C(O)=C(C(N)=O)C(=O)C(N(C)C)C3C(O)C1C2C. The Morgan fingerprint density at radius 1 is 1.14 bits per heavy atom. The Bertz CT molecular complexity index is 1300. The molecule has 1 saturated carbocycles. The van der Waals surface area contributed by atoms with Crippen LogP contribution in [-0.4, -0.2) is 85.7 Å². The van der Waals surface area contributed by atoms with E-state index in [0.717, 1.165) is 0 Å². The van der Waals surface area contributed by atoms with Crippen molar-refractivity contribution >= 4 is 34.8 Å². The predicted octanol–water partition coefficient (Wildman–Crippen LogP) is -0.546. The normalized spacial score (nSPS) is 31.7. The minimum Gasteiger partial charge on any atom is -0.508 e. The number of rotatable bonds is 3. The Morgan fingerprint density at radius 2 is 1.75 bits per heavy atom. The molecular formula is C24H27N3O9. The molecule has 1 fully saturated rings. The number of nitrogens with one attached hydrogen (secondary N) is 1. The van der Waals surface area contributed by atoms with Crippen LogP contribution in [-0.2, 0) is 19.2 Å². The number of carbonyl (C=O) groups is 4. The van der Waals surface area contributed by atoms with Crippen molar-refractivity contribution in [3.63, 3.8) is 0 Å². The van der Waals surface area contributed by atoms with Crippen LogP contribution < -0.4 is 11.1 Å². The number of hydrogen-bond donors (Lipinski definition) is 7. The summed E-state index contributed by atoms with van der Waals surface area (Å²) in [6.45, 7) is 2.83. The first-order valence-corrected chi connectivity index (χ1v) is 11.1. The summed E-state index contributed by atoms with van der Waals surface area (Å²) in [7, 11) is 2.87. The summed E-state index contributed by atoms with van der Waals surface area (Å²) in [6.07, 6.45) is -1.67. The van der Waals surface area contributed by atoms with Gasteiger partial charge in [-0.25, -0.2) is 0 Å². The molecule has 2 amide bonds. The molecule has 1 aromatic carbocycles. The van der Waals surface area contributed by atoms with E-state index in [-0.39, 0.29) is 11.3 Å². The average Bonchev–Trinajstić information content (AvgIpc) is 2.77. The summed E-state index contributed by atoms with van der Waals surface area (Å²) >= 11 is 0. The highest BCUT2D eigenvalue weighted by Crippen LogP contribution is 2.56. The van der Waals surface area contributed by atoms with Gasteiger partial charge in [0, 0.05) is 18.4 Å². The van der Waals surface area contributed by atoms with Crippen molar-refractivity contribution in [3.05, 3.63) is 40.2 Å². The van der Waals surface area contributed by atoms with Crippen molar-refractivity contribution in [1.29, 1.82) is 0 Å². The van der Waals surface area contributed by atoms with E-state index in [1.807, 2.05) is 0 Å². The molecule has 8 N–H and O–H groups in total. The number of ketones is 2. The highest BCUT2D eigenvalue weighted by molar-refractivity contribution is 6.24. The lowest BCUT2D eigenvalue weighted by Crippen LogP contribution is -2.70. The molecule has 12 heteroatoms. The van der Waals surface area contributed by atoms with Gasteiger partial charge in [-0.3, -0.25) is 24.1 Å². The number of phenolic OH excluding ortho intramolecular Hbond substituents is 1. The van der Waals surface area contributed by atoms with Crippen LogP contribution in [0.5, 0.6) is 5.75 Å². The number of nitrogens with zero attached hydrogens (tertiary/aromatic N) is 1. The van der Waals surface area contributed by atoms with Gasteiger partial charge in [-0.2, -0.15) is 0 Å². The summed E-state index contributed by atoms with van der Waals surface area (Å²) in [5.41, 5.74) is 0.918. The number of benzene rings is 1. The number of likely N-dealkylation sites (N-methyl/N-ethyl adjacent to an activating group) is 1. The number of carbonyl (C=O) groups excluding carboxylic acids is 4. The van der Waals surface area contributed by atoms with Gasteiger partial charge in [0.2, 0.25) is 11.7 Å². The Balaban J connectivity index is 2.04. The molecular weight excluding hydrogens is 474 g/mol. The number of hydrogen-bond acceptors (Lipinski definition) is 10. The van der Waals surface area contributed by atoms with Crippen molar-refractivity contribution in [3.8, 4) is 5.75 Å². The Kier molecular flexibility index (Phi) is 5.74. The number of nitrogens with two attached hydrogens (primary N) is 1. The monoisotopic (exact) mass is 501 g/mol. The van der Waals surface area contributed by atoms with Crippen LogP contribution in [0.2, 0.25) is 0 Å². The fourth-order valence-electron chi connectivity index (χ4n) is 5.91. The quantitative estimate of drug-likeness (QED) is 0.207. The molecule has 0 saturated heterocycles. The summed E-state index contributed by atoms with van der Waals surface area (Å²) < 4.78 is 0. The first-order valence-electron chi connectivity index (χ1n) is 11.1. The average molecular weight is 501 g/mol. The van der Waals surface area contributed by atoms with Crippen LogP contribution in [0.4, 0.5) is 5.69 Å². The molecule has 12 nitrogen and oxygen atoms in total. The maximum atomic E-state index is 13.8. The van der Waals surface area contributed by atoms with Gasteiger partial charge in [0.05, 0.1) is 29.3 Å². The molecule has 4 rings (SSSR count). The molecule has 36 heavy (non-hydrogen) atoms. The number of anilines is 1. The van der Waals surface area contributed by atoms with E-state index in [2.05, 4.69) is 5.32 Å². The summed E-state index contributed by atoms with van der Waals surface area (Å²) in [5.74, 6) is -10.2. The van der Waals surface area contributed by atoms with Gasteiger partial charge in [0.1, 0.15) is 22.8 Å². The largest absolute Gasteiger partial charge is 0.508 e. The Hall–Kier alpha value is -3.74. The van der Waals surface area contributed by atoms with Crippen LogP contribution in [0.3, 0.4) is 0 Å². The minimum absolute atomic E-state index is 0.0471. The van der Waals surface area contributed by atoms with Gasteiger partial charge in [-0.1, -0.05) is 13.0 Å². The van der Waals surface area contributed by atoms with Gasteiger partial charge in [-0.05, 0) is 31.6 Å². The second kappa shape index (κ2) is 8.15. The minimum atomic E-state index is -2.98. The van der Waals surface area contributed by atoms with E-state index in [4.69, 9.17) is 5.73 Å². The van der Waals surface area contributed by atoms with E-state index >= 15 is 0 Å². The van der Waals surface area contributed by atoms with Gasteiger partial charge in [-0.15, -0.1) is 0 Å². The molecule has 192 valence electrons. The Morgan fingerprint density at radius 3 is 2.28 bits per heavy atom. The number of primary amides is 1. The van der Waals surface area contributed by atoms with E-state index < -0.39 is 87.3 Å². The van der Waals surface area contributed by atoms with Crippen LogP contribution in [0.15, 0.2) is 29.0 Å². The second-order valence-electron chi connectivity index (χ2n) is 9.66. The van der Waals surface area contributed by atoms with Gasteiger partial charge < -0.3 is 36.6 Å². The predicted molar refractivity (Wildman–Crippen MR) is 125 cm³/mol. The van der Waals surface area contributed by atoms with Crippen LogP contribution >= 0.6 is 0 Å². The highest BCUT2D eigenvalue weighted by Gasteiger charge is 2.68. The highest BCUT2D eigenvalue weighted by atomic mass is 16.4. The maximum absolute atomic E-state index is 13.8. The number of Topliss-reactive ketones (excluding diaryl/α,β-unsaturated/α-hetero) is 2. The molecule has 3 aliphatic carbocycles. The lowest BCUT2D eigenvalue weighted by Gasteiger charge is -2.53. The zero-order chi connectivity index (χ0) is 27.0. The van der Waals surface area contributed by atoms with Gasteiger partial charge in [0.15, 0.2) is 11.4 Å². The smallest absolute Gasteiger partial charge is 0.255 e. The third-order valence-corrected chi connectivity index (χ3v) is 7.44.